The van der Waals surface area contributed by atoms with Crippen molar-refractivity contribution < 1.29 is 23.4 Å². The topological polar surface area (TPSA) is 46.2 Å². The van der Waals surface area contributed by atoms with Crippen molar-refractivity contribution in [3.63, 3.8) is 0 Å². The van der Waals surface area contributed by atoms with E-state index in [2.05, 4.69) is 40.4 Å². The Labute approximate surface area is 153 Å². The van der Waals surface area contributed by atoms with E-state index in [0.717, 1.165) is 11.3 Å². The van der Waals surface area contributed by atoms with Crippen molar-refractivity contribution in [3.05, 3.63) is 30.4 Å². The summed E-state index contributed by atoms with van der Waals surface area (Å²) in [4.78, 5) is 0. The van der Waals surface area contributed by atoms with Crippen LogP contribution in [-0.2, 0) is 15.9 Å². The summed E-state index contributed by atoms with van der Waals surface area (Å²) in [5, 5.41) is 0.0716. The lowest BCUT2D eigenvalue weighted by Gasteiger charge is -2.37. The van der Waals surface area contributed by atoms with Crippen LogP contribution in [0.25, 0.3) is 0 Å². The minimum absolute atomic E-state index is 0.0716. The number of methoxy groups -OCH3 is 2. The minimum atomic E-state index is -2.04. The Morgan fingerprint density at radius 2 is 1.64 bits per heavy atom. The lowest BCUT2D eigenvalue weighted by molar-refractivity contribution is 0.0450. The van der Waals surface area contributed by atoms with Gasteiger partial charge in [-0.1, -0.05) is 26.8 Å². The molecule has 0 radical (unpaired) electrons. The van der Waals surface area contributed by atoms with E-state index in [1.165, 1.54) is 0 Å². The SMILES string of the molecule is C=CCc1cc(OCOC)cc(OCOC)c1O[Si](C)(C)C(C)(C)C. The Kier molecular flexibility index (Phi) is 7.98. The van der Waals surface area contributed by atoms with Crippen molar-refractivity contribution in [1.29, 1.82) is 0 Å². The predicted molar refractivity (Wildman–Crippen MR) is 103 cm³/mol. The van der Waals surface area contributed by atoms with E-state index in [0.29, 0.717) is 17.9 Å². The van der Waals surface area contributed by atoms with Gasteiger partial charge in [-0.05, 0) is 30.6 Å². The zero-order valence-electron chi connectivity index (χ0n) is 16.6. The maximum atomic E-state index is 6.56. The first kappa shape index (κ1) is 21.5. The van der Waals surface area contributed by atoms with Gasteiger partial charge in [-0.15, -0.1) is 6.58 Å². The van der Waals surface area contributed by atoms with Gasteiger partial charge in [0.05, 0.1) is 0 Å². The summed E-state index contributed by atoms with van der Waals surface area (Å²) in [5.41, 5.74) is 0.972. The Balaban J connectivity index is 3.35. The first-order valence-electron chi connectivity index (χ1n) is 8.36. The van der Waals surface area contributed by atoms with E-state index < -0.39 is 8.32 Å². The third-order valence-corrected chi connectivity index (χ3v) is 8.64. The Morgan fingerprint density at radius 3 is 2.16 bits per heavy atom. The van der Waals surface area contributed by atoms with Crippen LogP contribution in [0.4, 0.5) is 0 Å². The standard InChI is InChI=1S/C19H32O5Si/c1-9-10-15-11-16(22-13-20-5)12-17(23-14-21-6)18(15)24-25(7,8)19(2,3)4/h9,11-12H,1,10,13-14H2,2-8H3. The minimum Gasteiger partial charge on any atom is -0.541 e. The van der Waals surface area contributed by atoms with Crippen molar-refractivity contribution in [2.45, 2.75) is 45.3 Å². The number of benzene rings is 1. The second-order valence-electron chi connectivity index (χ2n) is 7.37. The average molecular weight is 369 g/mol. The van der Waals surface area contributed by atoms with Gasteiger partial charge in [0.2, 0.25) is 0 Å². The van der Waals surface area contributed by atoms with Crippen LogP contribution < -0.4 is 13.9 Å². The van der Waals surface area contributed by atoms with Crippen LogP contribution >= 0.6 is 0 Å². The molecule has 1 aromatic rings. The van der Waals surface area contributed by atoms with Crippen molar-refractivity contribution in [1.82, 2.24) is 0 Å². The fraction of sp³-hybridized carbons (Fsp3) is 0.579. The zero-order chi connectivity index (χ0) is 19.1. The van der Waals surface area contributed by atoms with Crippen molar-refractivity contribution in [3.8, 4) is 17.2 Å². The Hall–Kier alpha value is -1.50. The summed E-state index contributed by atoms with van der Waals surface area (Å²) in [5.74, 6) is 2.01. The number of hydrogen-bond acceptors (Lipinski definition) is 5. The molecule has 0 fully saturated rings. The second-order valence-corrected chi connectivity index (χ2v) is 12.1. The van der Waals surface area contributed by atoms with Crippen LogP contribution in [0.1, 0.15) is 26.3 Å². The first-order chi connectivity index (χ1) is 11.7. The van der Waals surface area contributed by atoms with E-state index in [9.17, 15) is 0 Å². The fourth-order valence-corrected chi connectivity index (χ4v) is 2.95. The lowest BCUT2D eigenvalue weighted by Crippen LogP contribution is -2.44. The van der Waals surface area contributed by atoms with Gasteiger partial charge in [-0.25, -0.2) is 0 Å². The molecule has 0 N–H and O–H groups in total. The number of hydrogen-bond donors (Lipinski definition) is 0. The van der Waals surface area contributed by atoms with Gasteiger partial charge in [0.1, 0.15) is 5.75 Å². The average Bonchev–Trinajstić information content (AvgIpc) is 2.52. The number of allylic oxidation sites excluding steroid dienone is 1. The quantitative estimate of drug-likeness (QED) is 0.338. The maximum absolute atomic E-state index is 6.56. The summed E-state index contributed by atoms with van der Waals surface area (Å²) < 4.78 is 28.0. The molecule has 0 aromatic heterocycles. The normalized spacial score (nSPS) is 12.0. The molecule has 1 aromatic carbocycles. The highest BCUT2D eigenvalue weighted by Gasteiger charge is 2.40. The molecule has 0 saturated heterocycles. The largest absolute Gasteiger partial charge is 0.541 e. The van der Waals surface area contributed by atoms with Gasteiger partial charge in [0, 0.05) is 25.8 Å². The first-order valence-corrected chi connectivity index (χ1v) is 11.3. The van der Waals surface area contributed by atoms with E-state index in [-0.39, 0.29) is 18.6 Å². The van der Waals surface area contributed by atoms with E-state index >= 15 is 0 Å². The molecule has 0 unspecified atom stereocenters. The van der Waals surface area contributed by atoms with Gasteiger partial charge in [0.25, 0.3) is 8.32 Å². The predicted octanol–water partition coefficient (Wildman–Crippen LogP) is 4.76. The van der Waals surface area contributed by atoms with E-state index in [1.807, 2.05) is 18.2 Å². The highest BCUT2D eigenvalue weighted by Crippen LogP contribution is 2.43. The van der Waals surface area contributed by atoms with Gasteiger partial charge >= 0.3 is 0 Å². The monoisotopic (exact) mass is 368 g/mol. The number of rotatable bonds is 10. The van der Waals surface area contributed by atoms with Crippen molar-refractivity contribution in [2.24, 2.45) is 0 Å². The van der Waals surface area contributed by atoms with Crippen LogP contribution in [0.5, 0.6) is 17.2 Å². The fourth-order valence-electron chi connectivity index (χ4n) is 1.90. The maximum Gasteiger partial charge on any atom is 0.250 e. The molecule has 6 heteroatoms. The van der Waals surface area contributed by atoms with E-state index in [4.69, 9.17) is 23.4 Å². The summed E-state index contributed by atoms with van der Waals surface area (Å²) in [6.07, 6.45) is 2.49. The Morgan fingerprint density at radius 1 is 1.04 bits per heavy atom. The Bertz CT molecular complexity index is 564. The van der Waals surface area contributed by atoms with Crippen molar-refractivity contribution >= 4 is 8.32 Å². The third kappa shape index (κ3) is 6.06. The van der Waals surface area contributed by atoms with Crippen LogP contribution in [0, 0.1) is 0 Å². The molecule has 1 rings (SSSR count). The molecule has 0 saturated carbocycles. The molecule has 0 bridgehead atoms. The smallest absolute Gasteiger partial charge is 0.250 e. The molecule has 0 atom stereocenters. The van der Waals surface area contributed by atoms with Gasteiger partial charge in [0.15, 0.2) is 25.1 Å². The molecule has 0 aliphatic carbocycles. The van der Waals surface area contributed by atoms with Gasteiger partial charge in [-0.3, -0.25) is 0 Å². The van der Waals surface area contributed by atoms with E-state index in [1.54, 1.807) is 14.2 Å². The lowest BCUT2D eigenvalue weighted by atomic mass is 10.1. The third-order valence-electron chi connectivity index (χ3n) is 4.31. The molecule has 0 spiro atoms. The molecule has 142 valence electrons. The summed E-state index contributed by atoms with van der Waals surface area (Å²) in [7, 11) is 1.13. The highest BCUT2D eigenvalue weighted by atomic mass is 28.4. The van der Waals surface area contributed by atoms with Gasteiger partial charge in [-0.2, -0.15) is 0 Å². The summed E-state index contributed by atoms with van der Waals surface area (Å²) in [6.45, 7) is 15.2. The zero-order valence-corrected chi connectivity index (χ0v) is 17.6. The summed E-state index contributed by atoms with van der Waals surface area (Å²) in [6, 6.07) is 3.76. The molecule has 5 nitrogen and oxygen atoms in total. The van der Waals surface area contributed by atoms with Crippen LogP contribution in [0.2, 0.25) is 18.1 Å². The molecular weight excluding hydrogens is 336 g/mol. The molecule has 25 heavy (non-hydrogen) atoms. The second kappa shape index (κ2) is 9.27. The van der Waals surface area contributed by atoms with Crippen LogP contribution in [0.15, 0.2) is 24.8 Å². The molecule has 0 aliphatic heterocycles. The van der Waals surface area contributed by atoms with Crippen molar-refractivity contribution in [2.75, 3.05) is 27.8 Å². The highest BCUT2D eigenvalue weighted by molar-refractivity contribution is 6.74. The van der Waals surface area contributed by atoms with Crippen LogP contribution in [0.3, 0.4) is 0 Å². The summed E-state index contributed by atoms with van der Waals surface area (Å²) >= 11 is 0. The van der Waals surface area contributed by atoms with Gasteiger partial charge < -0.3 is 23.4 Å². The van der Waals surface area contributed by atoms with Crippen LogP contribution in [-0.4, -0.2) is 36.1 Å². The molecule has 0 amide bonds. The number of ether oxygens (including phenoxy) is 4. The molecule has 0 heterocycles. The molecular formula is C19H32O5Si. The molecule has 0 aliphatic rings.